The molecule has 7 heteroatoms. The molecule has 100 valence electrons. The van der Waals surface area contributed by atoms with Gasteiger partial charge in [-0.3, -0.25) is 0 Å². The molecule has 2 aromatic rings. The van der Waals surface area contributed by atoms with Crippen molar-refractivity contribution in [3.63, 3.8) is 0 Å². The van der Waals surface area contributed by atoms with E-state index in [0.29, 0.717) is 28.2 Å². The van der Waals surface area contributed by atoms with E-state index in [-0.39, 0.29) is 0 Å². The van der Waals surface area contributed by atoms with Gasteiger partial charge in [-0.1, -0.05) is 18.5 Å². The van der Waals surface area contributed by atoms with Crippen molar-refractivity contribution < 1.29 is 0 Å². The number of nitrogen functional groups attached to an aromatic ring is 1. The van der Waals surface area contributed by atoms with Crippen molar-refractivity contribution in [1.82, 2.24) is 15.0 Å². The summed E-state index contributed by atoms with van der Waals surface area (Å²) < 4.78 is 0. The number of halogens is 1. The van der Waals surface area contributed by atoms with Gasteiger partial charge in [0, 0.05) is 12.7 Å². The van der Waals surface area contributed by atoms with Crippen LogP contribution in [-0.4, -0.2) is 21.5 Å². The summed E-state index contributed by atoms with van der Waals surface area (Å²) >= 11 is 5.98. The normalized spacial score (nSPS) is 10.2. The van der Waals surface area contributed by atoms with Crippen LogP contribution in [0.25, 0.3) is 0 Å². The van der Waals surface area contributed by atoms with Crippen molar-refractivity contribution in [2.45, 2.75) is 13.3 Å². The molecule has 0 saturated carbocycles. The third kappa shape index (κ3) is 3.23. The van der Waals surface area contributed by atoms with E-state index in [1.54, 1.807) is 18.3 Å². The predicted octanol–water partition coefficient (Wildman–Crippen LogP) is 2.67. The van der Waals surface area contributed by atoms with Gasteiger partial charge in [-0.2, -0.15) is 0 Å². The van der Waals surface area contributed by atoms with E-state index in [9.17, 15) is 0 Å². The van der Waals surface area contributed by atoms with Crippen LogP contribution in [0, 0.1) is 0 Å². The molecule has 0 atom stereocenters. The number of nitrogens with two attached hydrogens (primary N) is 1. The van der Waals surface area contributed by atoms with Crippen LogP contribution in [0.1, 0.15) is 13.3 Å². The van der Waals surface area contributed by atoms with Crippen LogP contribution in [-0.2, 0) is 0 Å². The summed E-state index contributed by atoms with van der Waals surface area (Å²) in [5.41, 5.74) is 7.11. The molecular weight excluding hydrogens is 264 g/mol. The van der Waals surface area contributed by atoms with E-state index in [1.165, 1.54) is 6.33 Å². The summed E-state index contributed by atoms with van der Waals surface area (Å²) in [7, 11) is 0. The van der Waals surface area contributed by atoms with Gasteiger partial charge >= 0.3 is 0 Å². The van der Waals surface area contributed by atoms with Gasteiger partial charge in [0.2, 0.25) is 0 Å². The largest absolute Gasteiger partial charge is 0.393 e. The first kappa shape index (κ1) is 13.4. The van der Waals surface area contributed by atoms with E-state index in [4.69, 9.17) is 17.3 Å². The number of pyridine rings is 1. The van der Waals surface area contributed by atoms with Gasteiger partial charge in [0.15, 0.2) is 16.8 Å². The van der Waals surface area contributed by atoms with Crippen LogP contribution in [0.4, 0.5) is 23.0 Å². The Bertz CT molecular complexity index is 560. The highest BCUT2D eigenvalue weighted by molar-refractivity contribution is 6.32. The molecule has 2 aromatic heterocycles. The van der Waals surface area contributed by atoms with Gasteiger partial charge in [0.25, 0.3) is 0 Å². The first-order valence-corrected chi connectivity index (χ1v) is 6.32. The molecule has 19 heavy (non-hydrogen) atoms. The molecule has 0 amide bonds. The summed E-state index contributed by atoms with van der Waals surface area (Å²) in [4.78, 5) is 12.2. The van der Waals surface area contributed by atoms with Crippen LogP contribution in [0.5, 0.6) is 0 Å². The number of anilines is 4. The molecule has 0 aliphatic carbocycles. The Morgan fingerprint density at radius 2 is 2.05 bits per heavy atom. The van der Waals surface area contributed by atoms with E-state index < -0.39 is 0 Å². The number of nitrogens with one attached hydrogen (secondary N) is 2. The van der Waals surface area contributed by atoms with E-state index in [1.807, 2.05) is 0 Å². The highest BCUT2D eigenvalue weighted by Gasteiger charge is 2.09. The van der Waals surface area contributed by atoms with Gasteiger partial charge in [-0.25, -0.2) is 15.0 Å². The molecule has 0 spiro atoms. The van der Waals surface area contributed by atoms with Gasteiger partial charge in [-0.05, 0) is 18.6 Å². The topological polar surface area (TPSA) is 88.8 Å². The first-order valence-electron chi connectivity index (χ1n) is 5.94. The Kier molecular flexibility index (Phi) is 4.35. The lowest BCUT2D eigenvalue weighted by Gasteiger charge is -2.12. The maximum absolute atomic E-state index is 6.01. The highest BCUT2D eigenvalue weighted by Crippen LogP contribution is 2.28. The summed E-state index contributed by atoms with van der Waals surface area (Å²) in [5, 5.41) is 6.55. The van der Waals surface area contributed by atoms with Crippen molar-refractivity contribution in [3.8, 4) is 0 Å². The lowest BCUT2D eigenvalue weighted by Crippen LogP contribution is -2.08. The van der Waals surface area contributed by atoms with Gasteiger partial charge in [0.1, 0.15) is 12.0 Å². The van der Waals surface area contributed by atoms with Crippen molar-refractivity contribution in [3.05, 3.63) is 29.8 Å². The maximum Gasteiger partial charge on any atom is 0.159 e. The van der Waals surface area contributed by atoms with E-state index in [2.05, 4.69) is 32.5 Å². The number of aromatic nitrogens is 3. The SMILES string of the molecule is CCCNc1ncnc(Nc2cccnc2Cl)c1N. The second-order valence-corrected chi connectivity index (χ2v) is 4.24. The monoisotopic (exact) mass is 278 g/mol. The third-order valence-electron chi connectivity index (χ3n) is 2.44. The number of hydrogen-bond acceptors (Lipinski definition) is 6. The summed E-state index contributed by atoms with van der Waals surface area (Å²) in [6.07, 6.45) is 4.05. The molecule has 0 aliphatic heterocycles. The zero-order valence-corrected chi connectivity index (χ0v) is 11.3. The smallest absolute Gasteiger partial charge is 0.159 e. The minimum Gasteiger partial charge on any atom is -0.393 e. The number of rotatable bonds is 5. The van der Waals surface area contributed by atoms with Crippen molar-refractivity contribution in [1.29, 1.82) is 0 Å². The fourth-order valence-corrected chi connectivity index (χ4v) is 1.65. The second-order valence-electron chi connectivity index (χ2n) is 3.88. The van der Waals surface area contributed by atoms with Crippen LogP contribution in [0.3, 0.4) is 0 Å². The Morgan fingerprint density at radius 1 is 1.26 bits per heavy atom. The molecule has 0 bridgehead atoms. The fourth-order valence-electron chi connectivity index (χ4n) is 1.49. The van der Waals surface area contributed by atoms with Crippen LogP contribution in [0.15, 0.2) is 24.7 Å². The highest BCUT2D eigenvalue weighted by atomic mass is 35.5. The molecule has 0 saturated heterocycles. The van der Waals surface area contributed by atoms with Crippen molar-refractivity contribution >= 4 is 34.6 Å². The standard InChI is InChI=1S/C12H15ClN6/c1-2-5-16-11-9(14)12(18-7-17-11)19-8-4-3-6-15-10(8)13/h3-4,6-7H,2,5,14H2,1H3,(H2,16,17,18,19). The molecule has 4 N–H and O–H groups in total. The van der Waals surface area contributed by atoms with Crippen molar-refractivity contribution in [2.75, 3.05) is 22.9 Å². The zero-order valence-electron chi connectivity index (χ0n) is 10.5. The minimum atomic E-state index is 0.364. The fraction of sp³-hybridized carbons (Fsp3) is 0.250. The molecule has 0 unspecified atom stereocenters. The quantitative estimate of drug-likeness (QED) is 0.729. The van der Waals surface area contributed by atoms with E-state index in [0.717, 1.165) is 13.0 Å². The minimum absolute atomic E-state index is 0.364. The summed E-state index contributed by atoms with van der Waals surface area (Å²) in [5.74, 6) is 1.11. The molecule has 0 aromatic carbocycles. The van der Waals surface area contributed by atoms with Crippen LogP contribution in [0.2, 0.25) is 5.15 Å². The molecule has 2 heterocycles. The molecule has 2 rings (SSSR count). The Morgan fingerprint density at radius 3 is 2.79 bits per heavy atom. The lowest BCUT2D eigenvalue weighted by atomic mass is 10.3. The predicted molar refractivity (Wildman–Crippen MR) is 77.8 cm³/mol. The van der Waals surface area contributed by atoms with Gasteiger partial charge in [0.05, 0.1) is 5.69 Å². The first-order chi connectivity index (χ1) is 9.22. The molecule has 0 radical (unpaired) electrons. The lowest BCUT2D eigenvalue weighted by molar-refractivity contribution is 0.966. The average molecular weight is 279 g/mol. The number of hydrogen-bond donors (Lipinski definition) is 3. The average Bonchev–Trinajstić information content (AvgIpc) is 2.42. The van der Waals surface area contributed by atoms with Crippen molar-refractivity contribution in [2.24, 2.45) is 0 Å². The zero-order chi connectivity index (χ0) is 13.7. The Labute approximate surface area is 116 Å². The Balaban J connectivity index is 2.23. The van der Waals surface area contributed by atoms with Gasteiger partial charge < -0.3 is 16.4 Å². The van der Waals surface area contributed by atoms with E-state index >= 15 is 0 Å². The third-order valence-corrected chi connectivity index (χ3v) is 2.74. The molecule has 0 aliphatic rings. The van der Waals surface area contributed by atoms with Crippen LogP contribution >= 0.6 is 11.6 Å². The Hall–Kier alpha value is -2.08. The molecular formula is C12H15ClN6. The maximum atomic E-state index is 6.01. The van der Waals surface area contributed by atoms with Crippen LogP contribution < -0.4 is 16.4 Å². The molecule has 6 nitrogen and oxygen atoms in total. The summed E-state index contributed by atoms with van der Waals surface area (Å²) in [6, 6.07) is 3.58. The number of nitrogens with zero attached hydrogens (tertiary/aromatic N) is 3. The summed E-state index contributed by atoms with van der Waals surface area (Å²) in [6.45, 7) is 2.87. The molecule has 0 fully saturated rings. The van der Waals surface area contributed by atoms with Gasteiger partial charge in [-0.15, -0.1) is 0 Å². The second kappa shape index (κ2) is 6.19.